The van der Waals surface area contributed by atoms with Crippen LogP contribution >= 0.6 is 0 Å². The van der Waals surface area contributed by atoms with E-state index in [0.29, 0.717) is 12.0 Å². The van der Waals surface area contributed by atoms with Crippen molar-refractivity contribution in [1.82, 2.24) is 9.13 Å². The van der Waals surface area contributed by atoms with E-state index in [1.165, 1.54) is 0 Å². The van der Waals surface area contributed by atoms with Crippen molar-refractivity contribution in [2.24, 2.45) is 20.0 Å². The molecule has 4 nitrogen and oxygen atoms in total. The number of imidazole rings is 2. The lowest BCUT2D eigenvalue weighted by Gasteiger charge is -2.15. The Morgan fingerprint density at radius 2 is 1.65 bits per heavy atom. The Balaban J connectivity index is 2.18. The first-order valence-electron chi connectivity index (χ1n) is 6.10. The molecule has 0 aliphatic carbocycles. The second-order valence-electron chi connectivity index (χ2n) is 5.11. The highest BCUT2D eigenvalue weighted by molar-refractivity contribution is 4.79. The standard InChI is InChI=1S/C13H22N4/c1-12(2)13(17-8-6-15(4)11-17)9-16-7-5-14(3)10-16/h5-8,10-13H,9H2,1-4H3/q+2/t13-/m1/s1. The number of hydrogen-bond donors (Lipinski definition) is 0. The molecule has 0 saturated heterocycles. The highest BCUT2D eigenvalue weighted by Crippen LogP contribution is 2.18. The van der Waals surface area contributed by atoms with Crippen molar-refractivity contribution >= 4 is 0 Å². The van der Waals surface area contributed by atoms with Crippen LogP contribution in [0.25, 0.3) is 0 Å². The van der Waals surface area contributed by atoms with Gasteiger partial charge in [-0.05, 0) is 5.92 Å². The molecule has 2 aromatic heterocycles. The van der Waals surface area contributed by atoms with Gasteiger partial charge in [0.25, 0.3) is 0 Å². The van der Waals surface area contributed by atoms with Crippen LogP contribution in [0, 0.1) is 5.92 Å². The molecule has 0 fully saturated rings. The molecule has 0 aliphatic heterocycles. The maximum absolute atomic E-state index is 2.30. The molecule has 92 valence electrons. The van der Waals surface area contributed by atoms with Gasteiger partial charge in [-0.3, -0.25) is 0 Å². The Bertz CT molecular complexity index is 481. The first kappa shape index (κ1) is 11.9. The topological polar surface area (TPSA) is 17.6 Å². The molecule has 1 atom stereocenters. The Morgan fingerprint density at radius 1 is 1.00 bits per heavy atom. The number of aromatic nitrogens is 4. The van der Waals surface area contributed by atoms with Gasteiger partial charge in [-0.25, -0.2) is 18.3 Å². The molecule has 17 heavy (non-hydrogen) atoms. The van der Waals surface area contributed by atoms with Gasteiger partial charge in [-0.15, -0.1) is 0 Å². The third-order valence-corrected chi connectivity index (χ3v) is 3.16. The second-order valence-corrected chi connectivity index (χ2v) is 5.11. The minimum Gasteiger partial charge on any atom is -0.240 e. The van der Waals surface area contributed by atoms with Gasteiger partial charge in [0.15, 0.2) is 0 Å². The fourth-order valence-corrected chi connectivity index (χ4v) is 2.14. The first-order valence-corrected chi connectivity index (χ1v) is 6.10. The predicted molar refractivity (Wildman–Crippen MR) is 65.1 cm³/mol. The molecule has 0 aromatic carbocycles. The fraction of sp³-hybridized carbons (Fsp3) is 0.538. The molecular formula is C13H22N4+2. The first-order chi connectivity index (χ1) is 8.06. The number of aryl methyl sites for hydroxylation is 2. The SMILES string of the molecule is CC(C)[C@@H](Cn1cc[n+](C)c1)n1cc[n+](C)c1. The summed E-state index contributed by atoms with van der Waals surface area (Å²) in [4.78, 5) is 0. The maximum atomic E-state index is 2.30. The molecule has 4 heteroatoms. The monoisotopic (exact) mass is 234 g/mol. The quantitative estimate of drug-likeness (QED) is 0.698. The largest absolute Gasteiger partial charge is 0.243 e. The predicted octanol–water partition coefficient (Wildman–Crippen LogP) is 0.836. The summed E-state index contributed by atoms with van der Waals surface area (Å²) in [5.41, 5.74) is 0. The van der Waals surface area contributed by atoms with Crippen LogP contribution in [0.3, 0.4) is 0 Å². The molecule has 0 spiro atoms. The van der Waals surface area contributed by atoms with Crippen LogP contribution in [-0.2, 0) is 20.6 Å². The minimum atomic E-state index is 0.489. The number of hydrogen-bond acceptors (Lipinski definition) is 0. The lowest BCUT2D eigenvalue weighted by Crippen LogP contribution is -2.27. The van der Waals surface area contributed by atoms with Crippen LogP contribution in [0.5, 0.6) is 0 Å². The molecule has 0 aliphatic rings. The maximum Gasteiger partial charge on any atom is 0.243 e. The van der Waals surface area contributed by atoms with Crippen molar-refractivity contribution in [2.75, 3.05) is 0 Å². The summed E-state index contributed by atoms with van der Waals surface area (Å²) < 4.78 is 8.70. The average molecular weight is 234 g/mol. The molecule has 2 heterocycles. The minimum absolute atomic E-state index is 0.489. The molecule has 0 bridgehead atoms. The zero-order valence-corrected chi connectivity index (χ0v) is 11.1. The van der Waals surface area contributed by atoms with Gasteiger partial charge in [0.05, 0.1) is 14.1 Å². The Kier molecular flexibility index (Phi) is 3.31. The summed E-state index contributed by atoms with van der Waals surface area (Å²) in [6, 6.07) is 0.489. The fourth-order valence-electron chi connectivity index (χ4n) is 2.14. The van der Waals surface area contributed by atoms with E-state index in [0.717, 1.165) is 6.54 Å². The summed E-state index contributed by atoms with van der Waals surface area (Å²) in [6.45, 7) is 5.55. The van der Waals surface area contributed by atoms with E-state index >= 15 is 0 Å². The molecular weight excluding hydrogens is 212 g/mol. The van der Waals surface area contributed by atoms with Crippen molar-refractivity contribution < 1.29 is 9.13 Å². The summed E-state index contributed by atoms with van der Waals surface area (Å²) >= 11 is 0. The van der Waals surface area contributed by atoms with E-state index in [-0.39, 0.29) is 0 Å². The molecule has 2 aromatic rings. The smallest absolute Gasteiger partial charge is 0.240 e. The van der Waals surface area contributed by atoms with Gasteiger partial charge in [0.2, 0.25) is 12.7 Å². The molecule has 0 unspecified atom stereocenters. The summed E-state index contributed by atoms with van der Waals surface area (Å²) in [7, 11) is 4.11. The van der Waals surface area contributed by atoms with Crippen LogP contribution in [0.4, 0.5) is 0 Å². The molecule has 0 amide bonds. The van der Waals surface area contributed by atoms with Crippen molar-refractivity contribution in [1.29, 1.82) is 0 Å². The summed E-state index contributed by atoms with van der Waals surface area (Å²) in [5.74, 6) is 0.607. The Hall–Kier alpha value is -1.58. The van der Waals surface area contributed by atoms with Crippen molar-refractivity contribution in [2.45, 2.75) is 26.4 Å². The Labute approximate surface area is 103 Å². The van der Waals surface area contributed by atoms with Crippen LogP contribution in [0.15, 0.2) is 37.4 Å². The summed E-state index contributed by atoms with van der Waals surface area (Å²) in [5, 5.41) is 0. The normalized spacial score (nSPS) is 13.2. The third-order valence-electron chi connectivity index (χ3n) is 3.16. The van der Waals surface area contributed by atoms with E-state index in [4.69, 9.17) is 0 Å². The van der Waals surface area contributed by atoms with Gasteiger partial charge in [-0.2, -0.15) is 0 Å². The highest BCUT2D eigenvalue weighted by atomic mass is 15.2. The van der Waals surface area contributed by atoms with Gasteiger partial charge in [0, 0.05) is 0 Å². The molecule has 0 radical (unpaired) electrons. The lowest BCUT2D eigenvalue weighted by atomic mass is 10.0. The van der Waals surface area contributed by atoms with Crippen LogP contribution in [-0.4, -0.2) is 9.13 Å². The molecule has 2 rings (SSSR count). The van der Waals surface area contributed by atoms with E-state index < -0.39 is 0 Å². The highest BCUT2D eigenvalue weighted by Gasteiger charge is 2.23. The number of rotatable bonds is 4. The van der Waals surface area contributed by atoms with Crippen molar-refractivity contribution in [3.63, 3.8) is 0 Å². The van der Waals surface area contributed by atoms with Gasteiger partial charge in [0.1, 0.15) is 37.4 Å². The van der Waals surface area contributed by atoms with Crippen LogP contribution in [0.2, 0.25) is 0 Å². The van der Waals surface area contributed by atoms with E-state index in [1.807, 2.05) is 0 Å². The summed E-state index contributed by atoms with van der Waals surface area (Å²) in [6.07, 6.45) is 12.7. The molecule has 0 N–H and O–H groups in total. The van der Waals surface area contributed by atoms with Gasteiger partial charge >= 0.3 is 0 Å². The zero-order valence-electron chi connectivity index (χ0n) is 11.1. The molecule has 0 saturated carbocycles. The van der Waals surface area contributed by atoms with Gasteiger partial charge < -0.3 is 0 Å². The van der Waals surface area contributed by atoms with E-state index in [1.54, 1.807) is 0 Å². The van der Waals surface area contributed by atoms with Gasteiger partial charge in [-0.1, -0.05) is 13.8 Å². The lowest BCUT2D eigenvalue weighted by molar-refractivity contribution is -0.671. The van der Waals surface area contributed by atoms with E-state index in [2.05, 4.69) is 83.7 Å². The van der Waals surface area contributed by atoms with E-state index in [9.17, 15) is 0 Å². The van der Waals surface area contributed by atoms with Crippen molar-refractivity contribution in [3.8, 4) is 0 Å². The number of nitrogens with zero attached hydrogens (tertiary/aromatic N) is 4. The third kappa shape index (κ3) is 2.75. The average Bonchev–Trinajstić information content (AvgIpc) is 2.83. The van der Waals surface area contributed by atoms with Crippen LogP contribution in [0.1, 0.15) is 19.9 Å². The second kappa shape index (κ2) is 4.73. The zero-order chi connectivity index (χ0) is 12.4. The van der Waals surface area contributed by atoms with Crippen molar-refractivity contribution in [3.05, 3.63) is 37.4 Å². The Morgan fingerprint density at radius 3 is 2.12 bits per heavy atom. The van der Waals surface area contributed by atoms with Crippen LogP contribution < -0.4 is 9.13 Å².